The normalized spacial score (nSPS) is 10.4. The number of hydrogen-bond donors (Lipinski definition) is 2. The van der Waals surface area contributed by atoms with E-state index < -0.39 is 0 Å². The number of nitrogens with one attached hydrogen (secondary N) is 2. The standard InChI is InChI=1S/C20H27N3OS/c1-16(2)24-19-12-7-9-17(15-19)22-20(25)21-13-8-14-23(3)18-10-5-4-6-11-18/h4-7,9-12,15-16H,8,13-14H2,1-3H3,(H2,21,22,25). The van der Waals surface area contributed by atoms with E-state index in [9.17, 15) is 0 Å². The Morgan fingerprint density at radius 1 is 1.12 bits per heavy atom. The van der Waals surface area contributed by atoms with E-state index in [1.54, 1.807) is 0 Å². The van der Waals surface area contributed by atoms with Gasteiger partial charge in [-0.1, -0.05) is 24.3 Å². The fraction of sp³-hybridized carbons (Fsp3) is 0.350. The highest BCUT2D eigenvalue weighted by molar-refractivity contribution is 7.80. The maximum Gasteiger partial charge on any atom is 0.170 e. The van der Waals surface area contributed by atoms with Gasteiger partial charge in [0.25, 0.3) is 0 Å². The molecule has 0 atom stereocenters. The van der Waals surface area contributed by atoms with Crippen LogP contribution in [0.2, 0.25) is 0 Å². The van der Waals surface area contributed by atoms with E-state index in [1.165, 1.54) is 5.69 Å². The lowest BCUT2D eigenvalue weighted by molar-refractivity contribution is 0.242. The minimum Gasteiger partial charge on any atom is -0.491 e. The maximum atomic E-state index is 5.69. The average Bonchev–Trinajstić information content (AvgIpc) is 2.59. The first kappa shape index (κ1) is 19.1. The second-order valence-corrected chi connectivity index (χ2v) is 6.59. The Bertz CT molecular complexity index is 661. The molecular weight excluding hydrogens is 330 g/mol. The number of hydrogen-bond acceptors (Lipinski definition) is 3. The zero-order chi connectivity index (χ0) is 18.1. The molecule has 2 N–H and O–H groups in total. The van der Waals surface area contributed by atoms with Crippen molar-refractivity contribution in [2.75, 3.05) is 30.4 Å². The molecule has 0 saturated heterocycles. The van der Waals surface area contributed by atoms with Crippen LogP contribution in [-0.4, -0.2) is 31.4 Å². The van der Waals surface area contributed by atoms with Gasteiger partial charge in [0, 0.05) is 37.6 Å². The fourth-order valence-corrected chi connectivity index (χ4v) is 2.64. The number of ether oxygens (including phenoxy) is 1. The van der Waals surface area contributed by atoms with Crippen molar-refractivity contribution in [2.45, 2.75) is 26.4 Å². The number of thiocarbonyl (C=S) groups is 1. The average molecular weight is 358 g/mol. The second kappa shape index (κ2) is 9.89. The first-order chi connectivity index (χ1) is 12.0. The molecule has 134 valence electrons. The molecule has 0 aliphatic carbocycles. The van der Waals surface area contributed by atoms with Crippen LogP contribution >= 0.6 is 12.2 Å². The summed E-state index contributed by atoms with van der Waals surface area (Å²) < 4.78 is 5.69. The lowest BCUT2D eigenvalue weighted by Crippen LogP contribution is -2.31. The van der Waals surface area contributed by atoms with Crippen LogP contribution in [0, 0.1) is 0 Å². The van der Waals surface area contributed by atoms with E-state index in [4.69, 9.17) is 17.0 Å². The van der Waals surface area contributed by atoms with Gasteiger partial charge in [-0.2, -0.15) is 0 Å². The van der Waals surface area contributed by atoms with Crippen LogP contribution in [0.4, 0.5) is 11.4 Å². The zero-order valence-corrected chi connectivity index (χ0v) is 16.0. The van der Waals surface area contributed by atoms with Gasteiger partial charge in [0.1, 0.15) is 5.75 Å². The summed E-state index contributed by atoms with van der Waals surface area (Å²) in [6.07, 6.45) is 1.16. The Kier molecular flexibility index (Phi) is 7.54. The molecule has 0 bridgehead atoms. The van der Waals surface area contributed by atoms with E-state index in [0.717, 1.165) is 30.9 Å². The molecule has 0 fully saturated rings. The van der Waals surface area contributed by atoms with Gasteiger partial charge in [0.15, 0.2) is 5.11 Å². The molecule has 2 aromatic carbocycles. The zero-order valence-electron chi connectivity index (χ0n) is 15.2. The van der Waals surface area contributed by atoms with Gasteiger partial charge in [-0.25, -0.2) is 0 Å². The Balaban J connectivity index is 1.70. The molecule has 0 radical (unpaired) electrons. The molecule has 2 aromatic rings. The smallest absolute Gasteiger partial charge is 0.170 e. The monoisotopic (exact) mass is 357 g/mol. The van der Waals surface area contributed by atoms with Crippen LogP contribution < -0.4 is 20.3 Å². The SMILES string of the molecule is CC(C)Oc1cccc(NC(=S)NCCCN(C)c2ccccc2)c1. The second-order valence-electron chi connectivity index (χ2n) is 6.19. The Morgan fingerprint density at radius 2 is 1.88 bits per heavy atom. The molecule has 0 saturated carbocycles. The number of benzene rings is 2. The minimum atomic E-state index is 0.155. The lowest BCUT2D eigenvalue weighted by Gasteiger charge is -2.19. The lowest BCUT2D eigenvalue weighted by atomic mass is 10.3. The van der Waals surface area contributed by atoms with E-state index in [0.29, 0.717) is 5.11 Å². The molecule has 0 aliphatic heterocycles. The van der Waals surface area contributed by atoms with E-state index in [-0.39, 0.29) is 6.10 Å². The van der Waals surface area contributed by atoms with Crippen LogP contribution in [0.25, 0.3) is 0 Å². The van der Waals surface area contributed by atoms with Crippen molar-refractivity contribution >= 4 is 28.7 Å². The molecule has 0 spiro atoms. The Hall–Kier alpha value is -2.27. The van der Waals surface area contributed by atoms with Crippen molar-refractivity contribution in [3.8, 4) is 5.75 Å². The predicted octanol–water partition coefficient (Wildman–Crippen LogP) is 4.29. The minimum absolute atomic E-state index is 0.155. The number of nitrogens with zero attached hydrogens (tertiary/aromatic N) is 1. The third-order valence-electron chi connectivity index (χ3n) is 3.62. The maximum absolute atomic E-state index is 5.69. The topological polar surface area (TPSA) is 36.5 Å². The Morgan fingerprint density at radius 3 is 2.60 bits per heavy atom. The van der Waals surface area contributed by atoms with Gasteiger partial charge < -0.3 is 20.3 Å². The number of anilines is 2. The summed E-state index contributed by atoms with van der Waals surface area (Å²) in [5, 5.41) is 7.08. The molecule has 2 rings (SSSR count). The largest absolute Gasteiger partial charge is 0.491 e. The van der Waals surface area contributed by atoms with Crippen molar-refractivity contribution in [3.63, 3.8) is 0 Å². The third-order valence-corrected chi connectivity index (χ3v) is 3.86. The molecule has 0 aromatic heterocycles. The molecule has 4 nitrogen and oxygen atoms in total. The first-order valence-electron chi connectivity index (χ1n) is 8.62. The molecule has 0 unspecified atom stereocenters. The van der Waals surface area contributed by atoms with Gasteiger partial charge in [-0.15, -0.1) is 0 Å². The summed E-state index contributed by atoms with van der Waals surface area (Å²) in [6, 6.07) is 18.2. The van der Waals surface area contributed by atoms with Crippen LogP contribution in [0.1, 0.15) is 20.3 Å². The number of para-hydroxylation sites is 1. The molecule has 5 heteroatoms. The molecule has 0 aliphatic rings. The Labute approximate surface area is 156 Å². The predicted molar refractivity (Wildman–Crippen MR) is 111 cm³/mol. The highest BCUT2D eigenvalue weighted by Crippen LogP contribution is 2.18. The molecule has 0 amide bonds. The summed E-state index contributed by atoms with van der Waals surface area (Å²) in [5.74, 6) is 0.840. The van der Waals surface area contributed by atoms with Crippen molar-refractivity contribution in [1.82, 2.24) is 5.32 Å². The molecule has 0 heterocycles. The number of rotatable bonds is 8. The van der Waals surface area contributed by atoms with Crippen molar-refractivity contribution in [2.24, 2.45) is 0 Å². The summed E-state index contributed by atoms with van der Waals surface area (Å²) >= 11 is 5.36. The van der Waals surface area contributed by atoms with Gasteiger partial charge >= 0.3 is 0 Å². The summed E-state index contributed by atoms with van der Waals surface area (Å²) in [4.78, 5) is 2.24. The molecular formula is C20H27N3OS. The van der Waals surface area contributed by atoms with E-state index >= 15 is 0 Å². The van der Waals surface area contributed by atoms with Gasteiger partial charge in [-0.05, 0) is 56.8 Å². The summed E-state index contributed by atoms with van der Waals surface area (Å²) in [5.41, 5.74) is 2.15. The highest BCUT2D eigenvalue weighted by Gasteiger charge is 2.02. The van der Waals surface area contributed by atoms with Crippen LogP contribution in [0.15, 0.2) is 54.6 Å². The van der Waals surface area contributed by atoms with Gasteiger partial charge in [0.05, 0.1) is 6.10 Å². The van der Waals surface area contributed by atoms with Gasteiger partial charge in [0.2, 0.25) is 0 Å². The fourth-order valence-electron chi connectivity index (χ4n) is 2.42. The summed E-state index contributed by atoms with van der Waals surface area (Å²) in [7, 11) is 2.10. The van der Waals surface area contributed by atoms with Crippen molar-refractivity contribution < 1.29 is 4.74 Å². The van der Waals surface area contributed by atoms with E-state index in [1.807, 2.05) is 44.2 Å². The van der Waals surface area contributed by atoms with Crippen LogP contribution in [0.3, 0.4) is 0 Å². The highest BCUT2D eigenvalue weighted by atomic mass is 32.1. The summed E-state index contributed by atoms with van der Waals surface area (Å²) in [6.45, 7) is 5.82. The van der Waals surface area contributed by atoms with Crippen molar-refractivity contribution in [1.29, 1.82) is 0 Å². The quantitative estimate of drug-likeness (QED) is 0.544. The van der Waals surface area contributed by atoms with Gasteiger partial charge in [-0.3, -0.25) is 0 Å². The molecule has 25 heavy (non-hydrogen) atoms. The van der Waals surface area contributed by atoms with Crippen LogP contribution in [0.5, 0.6) is 5.75 Å². The first-order valence-corrected chi connectivity index (χ1v) is 9.03. The third kappa shape index (κ3) is 7.01. The van der Waals surface area contributed by atoms with Crippen molar-refractivity contribution in [3.05, 3.63) is 54.6 Å². The van der Waals surface area contributed by atoms with E-state index in [2.05, 4.69) is 46.8 Å². The van der Waals surface area contributed by atoms with Crippen LogP contribution in [-0.2, 0) is 0 Å².